The maximum atomic E-state index is 10.9. The summed E-state index contributed by atoms with van der Waals surface area (Å²) in [5.41, 5.74) is 7.47. The van der Waals surface area contributed by atoms with Crippen LogP contribution >= 0.6 is 0 Å². The van der Waals surface area contributed by atoms with Gasteiger partial charge in [-0.1, -0.05) is 0 Å². The van der Waals surface area contributed by atoms with E-state index in [1.807, 2.05) is 5.43 Å². The first-order chi connectivity index (χ1) is 9.86. The van der Waals surface area contributed by atoms with E-state index in [0.29, 0.717) is 17.1 Å². The van der Waals surface area contributed by atoms with Crippen molar-refractivity contribution < 1.29 is 22.2 Å². The molecular formula is C12H11N3O5S. The number of nitrogens with one attached hydrogen (secondary N) is 1. The van der Waals surface area contributed by atoms with Gasteiger partial charge in [0.15, 0.2) is 0 Å². The summed E-state index contributed by atoms with van der Waals surface area (Å²) < 4.78 is 36.2. The maximum Gasteiger partial charge on any atom is 0.332 e. The van der Waals surface area contributed by atoms with Crippen molar-refractivity contribution in [2.75, 3.05) is 0 Å². The van der Waals surface area contributed by atoms with Crippen LogP contribution in [-0.4, -0.2) is 25.2 Å². The van der Waals surface area contributed by atoms with Crippen LogP contribution in [0.3, 0.4) is 0 Å². The van der Waals surface area contributed by atoms with Crippen LogP contribution in [0.1, 0.15) is 5.76 Å². The summed E-state index contributed by atoms with van der Waals surface area (Å²) in [6, 6.07) is 7.96. The summed E-state index contributed by atoms with van der Waals surface area (Å²) in [6.07, 6.45) is 1.26. The number of amides is 2. The van der Waals surface area contributed by atoms with Crippen molar-refractivity contribution in [1.29, 1.82) is 0 Å². The van der Waals surface area contributed by atoms with E-state index in [-0.39, 0.29) is 4.90 Å². The number of primary amides is 1. The number of nitrogens with zero attached hydrogens (tertiary/aromatic N) is 1. The molecule has 0 atom stereocenters. The Morgan fingerprint density at radius 3 is 2.48 bits per heavy atom. The van der Waals surface area contributed by atoms with E-state index >= 15 is 0 Å². The molecule has 0 unspecified atom stereocenters. The van der Waals surface area contributed by atoms with Gasteiger partial charge in [-0.05, 0) is 36.4 Å². The lowest BCUT2D eigenvalue weighted by molar-refractivity contribution is 0.249. The van der Waals surface area contributed by atoms with Crippen LogP contribution in [0, 0.1) is 0 Å². The van der Waals surface area contributed by atoms with E-state index in [4.69, 9.17) is 14.7 Å². The van der Waals surface area contributed by atoms with Crippen molar-refractivity contribution in [1.82, 2.24) is 5.43 Å². The Hall–Kier alpha value is -2.65. The van der Waals surface area contributed by atoms with Crippen LogP contribution in [0.15, 0.2) is 50.8 Å². The number of furan rings is 1. The third kappa shape index (κ3) is 3.91. The van der Waals surface area contributed by atoms with Gasteiger partial charge in [-0.15, -0.1) is 0 Å². The molecule has 1 aromatic heterocycles. The summed E-state index contributed by atoms with van der Waals surface area (Å²) in [4.78, 5) is 10.2. The minimum Gasteiger partial charge on any atom is -0.455 e. The number of nitrogens with two attached hydrogens (primary N) is 1. The smallest absolute Gasteiger partial charge is 0.332 e. The van der Waals surface area contributed by atoms with Gasteiger partial charge < -0.3 is 10.2 Å². The molecule has 0 fully saturated rings. The standard InChI is InChI=1S/C12H11N3O5S/c13-12(16)15-14-7-9-3-6-11(20-9)8-1-4-10(5-2-8)21(17,18)19/h1-7H,(H3,13,15,16)(H,17,18,19)/b14-7+. The van der Waals surface area contributed by atoms with Crippen LogP contribution in [-0.2, 0) is 10.1 Å². The summed E-state index contributed by atoms with van der Waals surface area (Å²) >= 11 is 0. The summed E-state index contributed by atoms with van der Waals surface area (Å²) in [7, 11) is -4.22. The first-order valence-corrected chi connectivity index (χ1v) is 7.06. The van der Waals surface area contributed by atoms with E-state index in [2.05, 4.69) is 5.10 Å². The summed E-state index contributed by atoms with van der Waals surface area (Å²) in [5, 5.41) is 3.54. The highest BCUT2D eigenvalue weighted by molar-refractivity contribution is 7.85. The lowest BCUT2D eigenvalue weighted by Crippen LogP contribution is -2.24. The average molecular weight is 309 g/mol. The zero-order valence-corrected chi connectivity index (χ0v) is 11.4. The fourth-order valence-corrected chi connectivity index (χ4v) is 2.01. The highest BCUT2D eigenvalue weighted by Gasteiger charge is 2.10. The Balaban J connectivity index is 2.18. The van der Waals surface area contributed by atoms with Crippen LogP contribution in [0.2, 0.25) is 0 Å². The molecule has 2 amide bonds. The Morgan fingerprint density at radius 1 is 1.24 bits per heavy atom. The summed E-state index contributed by atoms with van der Waals surface area (Å²) in [5.74, 6) is 0.843. The van der Waals surface area contributed by atoms with Gasteiger partial charge >= 0.3 is 6.03 Å². The van der Waals surface area contributed by atoms with Crippen molar-refractivity contribution in [3.63, 3.8) is 0 Å². The molecule has 0 saturated carbocycles. The monoisotopic (exact) mass is 309 g/mol. The predicted molar refractivity (Wildman–Crippen MR) is 74.3 cm³/mol. The normalized spacial score (nSPS) is 11.7. The van der Waals surface area contributed by atoms with Crippen molar-refractivity contribution in [2.45, 2.75) is 4.90 Å². The Morgan fingerprint density at radius 2 is 1.90 bits per heavy atom. The van der Waals surface area contributed by atoms with Crippen LogP contribution in [0.5, 0.6) is 0 Å². The molecular weight excluding hydrogens is 298 g/mol. The van der Waals surface area contributed by atoms with E-state index in [0.717, 1.165) is 0 Å². The van der Waals surface area contributed by atoms with Crippen molar-refractivity contribution >= 4 is 22.4 Å². The molecule has 0 aliphatic carbocycles. The minimum atomic E-state index is -4.22. The molecule has 2 rings (SSSR count). The SMILES string of the molecule is NC(=O)N/N=C/c1ccc(-c2ccc(S(=O)(=O)O)cc2)o1. The zero-order valence-electron chi connectivity index (χ0n) is 10.6. The van der Waals surface area contributed by atoms with Gasteiger partial charge in [-0.25, -0.2) is 10.2 Å². The fraction of sp³-hybridized carbons (Fsp3) is 0. The Labute approximate surface area is 120 Å². The molecule has 1 heterocycles. The number of urea groups is 1. The Kier molecular flexibility index (Phi) is 4.05. The molecule has 2 aromatic rings. The van der Waals surface area contributed by atoms with Gasteiger partial charge in [0.05, 0.1) is 11.1 Å². The number of rotatable bonds is 4. The third-order valence-corrected chi connectivity index (χ3v) is 3.30. The van der Waals surface area contributed by atoms with Crippen molar-refractivity contribution in [3.05, 3.63) is 42.2 Å². The number of carbonyl (C=O) groups is 1. The molecule has 9 heteroatoms. The largest absolute Gasteiger partial charge is 0.455 e. The maximum absolute atomic E-state index is 10.9. The van der Waals surface area contributed by atoms with Gasteiger partial charge in [-0.2, -0.15) is 13.5 Å². The van der Waals surface area contributed by atoms with Gasteiger partial charge in [-0.3, -0.25) is 4.55 Å². The molecule has 0 aliphatic rings. The molecule has 0 radical (unpaired) electrons. The van der Waals surface area contributed by atoms with Gasteiger partial charge in [0.25, 0.3) is 10.1 Å². The zero-order chi connectivity index (χ0) is 15.5. The molecule has 0 aliphatic heterocycles. The number of benzene rings is 1. The van der Waals surface area contributed by atoms with E-state index in [1.54, 1.807) is 12.1 Å². The van der Waals surface area contributed by atoms with Crippen molar-refractivity contribution in [3.8, 4) is 11.3 Å². The predicted octanol–water partition coefficient (Wildman–Crippen LogP) is 1.20. The fourth-order valence-electron chi connectivity index (χ4n) is 1.53. The highest BCUT2D eigenvalue weighted by atomic mass is 32.2. The first-order valence-electron chi connectivity index (χ1n) is 5.62. The van der Waals surface area contributed by atoms with Crippen LogP contribution < -0.4 is 11.2 Å². The molecule has 110 valence electrons. The minimum absolute atomic E-state index is 0.203. The molecule has 1 aromatic carbocycles. The Bertz CT molecular complexity index is 777. The number of hydrogen-bond acceptors (Lipinski definition) is 5. The van der Waals surface area contributed by atoms with Gasteiger partial charge in [0, 0.05) is 5.56 Å². The van der Waals surface area contributed by atoms with Crippen LogP contribution in [0.25, 0.3) is 11.3 Å². The number of hydrogen-bond donors (Lipinski definition) is 3. The highest BCUT2D eigenvalue weighted by Crippen LogP contribution is 2.23. The average Bonchev–Trinajstić information content (AvgIpc) is 2.86. The molecule has 4 N–H and O–H groups in total. The quantitative estimate of drug-likeness (QED) is 0.443. The third-order valence-electron chi connectivity index (χ3n) is 2.43. The number of hydrazone groups is 1. The van der Waals surface area contributed by atoms with Gasteiger partial charge in [0.1, 0.15) is 11.5 Å². The molecule has 0 saturated heterocycles. The van der Waals surface area contributed by atoms with E-state index < -0.39 is 16.1 Å². The van der Waals surface area contributed by atoms with Crippen LogP contribution in [0.4, 0.5) is 4.79 Å². The topological polar surface area (TPSA) is 135 Å². The molecule has 21 heavy (non-hydrogen) atoms. The second-order valence-electron chi connectivity index (χ2n) is 3.94. The lowest BCUT2D eigenvalue weighted by Gasteiger charge is -1.99. The van der Waals surface area contributed by atoms with Crippen molar-refractivity contribution in [2.24, 2.45) is 10.8 Å². The number of carbonyl (C=O) groups excluding carboxylic acids is 1. The lowest BCUT2D eigenvalue weighted by atomic mass is 10.2. The summed E-state index contributed by atoms with van der Waals surface area (Å²) in [6.45, 7) is 0. The van der Waals surface area contributed by atoms with E-state index in [9.17, 15) is 13.2 Å². The second kappa shape index (κ2) is 5.77. The molecule has 0 spiro atoms. The molecule has 0 bridgehead atoms. The second-order valence-corrected chi connectivity index (χ2v) is 5.36. The van der Waals surface area contributed by atoms with Gasteiger partial charge in [0.2, 0.25) is 0 Å². The first kappa shape index (κ1) is 14.8. The van der Waals surface area contributed by atoms with E-state index in [1.165, 1.54) is 30.5 Å². The molecule has 8 nitrogen and oxygen atoms in total.